The van der Waals surface area contributed by atoms with Crippen molar-refractivity contribution < 1.29 is 4.79 Å². The van der Waals surface area contributed by atoms with Crippen LogP contribution in [0.5, 0.6) is 0 Å². The van der Waals surface area contributed by atoms with E-state index in [1.165, 1.54) is 0 Å². The Balaban J connectivity index is 1.59. The van der Waals surface area contributed by atoms with Gasteiger partial charge in [-0.1, -0.05) is 25.4 Å². The average molecular weight is 380 g/mol. The molecule has 134 valence electrons. The summed E-state index contributed by atoms with van der Waals surface area (Å²) in [7, 11) is 0. The molecule has 0 N–H and O–H groups in total. The van der Waals surface area contributed by atoms with Crippen molar-refractivity contribution in [1.82, 2.24) is 20.1 Å². The van der Waals surface area contributed by atoms with E-state index in [9.17, 15) is 4.79 Å². The van der Waals surface area contributed by atoms with E-state index < -0.39 is 0 Å². The second kappa shape index (κ2) is 7.66. The monoisotopic (exact) mass is 379 g/mol. The molecule has 2 aromatic heterocycles. The third kappa shape index (κ3) is 4.27. The lowest BCUT2D eigenvalue weighted by atomic mass is 10.1. The van der Waals surface area contributed by atoms with E-state index in [4.69, 9.17) is 11.6 Å². The fourth-order valence-electron chi connectivity index (χ4n) is 2.92. The third-order valence-electron chi connectivity index (χ3n) is 4.29. The topological polar surface area (TPSA) is 62.2 Å². The first-order chi connectivity index (χ1) is 11.9. The van der Waals surface area contributed by atoms with Crippen molar-refractivity contribution in [3.05, 3.63) is 33.4 Å². The van der Waals surface area contributed by atoms with Crippen LogP contribution in [0.3, 0.4) is 0 Å². The van der Waals surface area contributed by atoms with E-state index in [1.807, 2.05) is 16.3 Å². The Morgan fingerprint density at radius 3 is 2.76 bits per heavy atom. The summed E-state index contributed by atoms with van der Waals surface area (Å²) >= 11 is 7.43. The summed E-state index contributed by atoms with van der Waals surface area (Å²) in [5.41, 5.74) is 0.873. The molecule has 0 spiro atoms. The van der Waals surface area contributed by atoms with Gasteiger partial charge in [0, 0.05) is 37.0 Å². The zero-order chi connectivity index (χ0) is 18.0. The second-order valence-electron chi connectivity index (χ2n) is 6.60. The Labute approximate surface area is 156 Å². The Bertz CT molecular complexity index is 733. The van der Waals surface area contributed by atoms with Crippen molar-refractivity contribution in [1.29, 1.82) is 0 Å². The molecule has 1 aliphatic heterocycles. The first kappa shape index (κ1) is 18.1. The Kier molecular flexibility index (Phi) is 5.54. The number of piperazine rings is 1. The molecule has 1 amide bonds. The summed E-state index contributed by atoms with van der Waals surface area (Å²) in [5, 5.41) is 11.5. The van der Waals surface area contributed by atoms with Crippen molar-refractivity contribution in [3.8, 4) is 0 Å². The number of halogens is 1. The molecule has 1 aliphatic rings. The van der Waals surface area contributed by atoms with Crippen LogP contribution in [-0.2, 0) is 11.2 Å². The molecule has 0 bridgehead atoms. The highest BCUT2D eigenvalue weighted by Crippen LogP contribution is 2.21. The minimum Gasteiger partial charge on any atom is -0.349 e. The average Bonchev–Trinajstić information content (AvgIpc) is 3.04. The highest BCUT2D eigenvalue weighted by atomic mass is 35.5. The summed E-state index contributed by atoms with van der Waals surface area (Å²) < 4.78 is 0. The molecule has 0 aliphatic carbocycles. The van der Waals surface area contributed by atoms with Crippen LogP contribution in [0.2, 0.25) is 5.15 Å². The van der Waals surface area contributed by atoms with E-state index in [-0.39, 0.29) is 11.9 Å². The van der Waals surface area contributed by atoms with E-state index in [0.717, 1.165) is 23.1 Å². The minimum absolute atomic E-state index is 0.134. The molecule has 8 heteroatoms. The number of aromatic nitrogens is 3. The van der Waals surface area contributed by atoms with Gasteiger partial charge >= 0.3 is 0 Å². The van der Waals surface area contributed by atoms with Crippen molar-refractivity contribution >= 4 is 34.7 Å². The van der Waals surface area contributed by atoms with E-state index in [1.54, 1.807) is 17.4 Å². The molecular weight excluding hydrogens is 358 g/mol. The summed E-state index contributed by atoms with van der Waals surface area (Å²) in [6, 6.07) is 3.78. The van der Waals surface area contributed by atoms with Crippen molar-refractivity contribution in [2.45, 2.75) is 39.2 Å². The van der Waals surface area contributed by atoms with Gasteiger partial charge in [-0.05, 0) is 19.1 Å². The van der Waals surface area contributed by atoms with Gasteiger partial charge in [-0.25, -0.2) is 4.98 Å². The van der Waals surface area contributed by atoms with Crippen LogP contribution in [0, 0.1) is 0 Å². The van der Waals surface area contributed by atoms with Gasteiger partial charge in [0.25, 0.3) is 0 Å². The van der Waals surface area contributed by atoms with Crippen molar-refractivity contribution in [2.24, 2.45) is 0 Å². The van der Waals surface area contributed by atoms with Crippen LogP contribution in [0.1, 0.15) is 37.4 Å². The smallest absolute Gasteiger partial charge is 0.228 e. The number of carbonyl (C=O) groups is 1. The van der Waals surface area contributed by atoms with Gasteiger partial charge in [0.1, 0.15) is 0 Å². The standard InChI is InChI=1S/C17H22ClN5OS/c1-11(2)17-19-13(10-25-17)8-16(24)22-6-7-23(12(3)9-22)15-5-4-14(18)20-21-15/h4-5,10-12H,6-9H2,1-3H3/t12-/m0/s1. The zero-order valence-electron chi connectivity index (χ0n) is 14.6. The van der Waals surface area contributed by atoms with Crippen molar-refractivity contribution in [3.63, 3.8) is 0 Å². The molecule has 25 heavy (non-hydrogen) atoms. The summed E-state index contributed by atoms with van der Waals surface area (Å²) in [6.07, 6.45) is 0.372. The van der Waals surface area contributed by atoms with Gasteiger partial charge < -0.3 is 9.80 Å². The van der Waals surface area contributed by atoms with Crippen LogP contribution in [0.25, 0.3) is 0 Å². The van der Waals surface area contributed by atoms with Gasteiger partial charge in [0.2, 0.25) is 5.91 Å². The number of rotatable bonds is 4. The normalized spacial score (nSPS) is 18.0. The fraction of sp³-hybridized carbons (Fsp3) is 0.529. The maximum atomic E-state index is 12.6. The number of nitrogens with zero attached hydrogens (tertiary/aromatic N) is 5. The second-order valence-corrected chi connectivity index (χ2v) is 7.88. The van der Waals surface area contributed by atoms with Crippen LogP contribution < -0.4 is 4.90 Å². The molecule has 2 aromatic rings. The highest BCUT2D eigenvalue weighted by Gasteiger charge is 2.28. The summed E-state index contributed by atoms with van der Waals surface area (Å²) in [5.74, 6) is 1.33. The zero-order valence-corrected chi connectivity index (χ0v) is 16.2. The summed E-state index contributed by atoms with van der Waals surface area (Å²) in [4.78, 5) is 21.2. The number of hydrogen-bond donors (Lipinski definition) is 0. The number of amides is 1. The lowest BCUT2D eigenvalue weighted by molar-refractivity contribution is -0.131. The Morgan fingerprint density at radius 1 is 1.36 bits per heavy atom. The molecule has 6 nitrogen and oxygen atoms in total. The largest absolute Gasteiger partial charge is 0.349 e. The molecular formula is C17H22ClN5OS. The molecule has 3 heterocycles. The van der Waals surface area contributed by atoms with Crippen molar-refractivity contribution in [2.75, 3.05) is 24.5 Å². The quantitative estimate of drug-likeness (QED) is 0.817. The fourth-order valence-corrected chi connectivity index (χ4v) is 3.86. The maximum Gasteiger partial charge on any atom is 0.228 e. The number of anilines is 1. The molecule has 0 unspecified atom stereocenters. The van der Waals surface area contributed by atoms with Gasteiger partial charge in [0.15, 0.2) is 11.0 Å². The number of hydrogen-bond acceptors (Lipinski definition) is 6. The first-order valence-corrected chi connectivity index (χ1v) is 9.67. The predicted octanol–water partition coefficient (Wildman–Crippen LogP) is 2.99. The van der Waals surface area contributed by atoms with E-state index in [0.29, 0.717) is 30.6 Å². The number of carbonyl (C=O) groups excluding carboxylic acids is 1. The maximum absolute atomic E-state index is 12.6. The lowest BCUT2D eigenvalue weighted by Gasteiger charge is -2.40. The third-order valence-corrected chi connectivity index (χ3v) is 5.68. The summed E-state index contributed by atoms with van der Waals surface area (Å²) in [6.45, 7) is 8.40. The van der Waals surface area contributed by atoms with Gasteiger partial charge in [-0.3, -0.25) is 4.79 Å². The Morgan fingerprint density at radius 2 is 2.16 bits per heavy atom. The van der Waals surface area contributed by atoms with Crippen LogP contribution >= 0.6 is 22.9 Å². The highest BCUT2D eigenvalue weighted by molar-refractivity contribution is 7.09. The SMILES string of the molecule is CC(C)c1nc(CC(=O)N2CCN(c3ccc(Cl)nn3)[C@@H](C)C2)cs1. The van der Waals surface area contributed by atoms with Gasteiger partial charge in [-0.2, -0.15) is 0 Å². The van der Waals surface area contributed by atoms with E-state index >= 15 is 0 Å². The molecule has 3 rings (SSSR count). The van der Waals surface area contributed by atoms with Crippen LogP contribution in [-0.4, -0.2) is 51.7 Å². The van der Waals surface area contributed by atoms with Crippen LogP contribution in [0.4, 0.5) is 5.82 Å². The molecule has 0 saturated carbocycles. The molecule has 0 aromatic carbocycles. The van der Waals surface area contributed by atoms with E-state index in [2.05, 4.69) is 40.9 Å². The molecule has 1 fully saturated rings. The first-order valence-electron chi connectivity index (χ1n) is 8.42. The van der Waals surface area contributed by atoms with Crippen LogP contribution in [0.15, 0.2) is 17.5 Å². The molecule has 0 radical (unpaired) electrons. The predicted molar refractivity (Wildman–Crippen MR) is 100 cm³/mol. The number of thiazole rings is 1. The lowest BCUT2D eigenvalue weighted by Crippen LogP contribution is -2.54. The van der Waals surface area contributed by atoms with Gasteiger partial charge in [-0.15, -0.1) is 21.5 Å². The van der Waals surface area contributed by atoms with Gasteiger partial charge in [0.05, 0.1) is 17.1 Å². The molecule has 1 atom stereocenters. The minimum atomic E-state index is 0.134. The Hall–Kier alpha value is -1.73. The molecule has 1 saturated heterocycles.